The number of thioether (sulfide) groups is 1. The molecular formula is C22H26N8OS. The largest absolute Gasteiger partial charge is 0.354 e. The predicted molar refractivity (Wildman–Crippen MR) is 126 cm³/mol. The lowest BCUT2D eigenvalue weighted by atomic mass is 10.1. The van der Waals surface area contributed by atoms with Crippen LogP contribution in [0, 0.1) is 0 Å². The first-order valence-electron chi connectivity index (χ1n) is 10.9. The van der Waals surface area contributed by atoms with Gasteiger partial charge < -0.3 is 10.6 Å². The van der Waals surface area contributed by atoms with Crippen LogP contribution in [0.5, 0.6) is 0 Å². The van der Waals surface area contributed by atoms with Crippen molar-refractivity contribution >= 4 is 40.2 Å². The molecule has 1 amide bonds. The molecule has 4 heterocycles. The number of amides is 1. The molecule has 4 aromatic rings. The molecule has 0 radical (unpaired) electrons. The van der Waals surface area contributed by atoms with Crippen LogP contribution in [0.25, 0.3) is 27.9 Å². The second-order valence-corrected chi connectivity index (χ2v) is 9.93. The summed E-state index contributed by atoms with van der Waals surface area (Å²) in [6.45, 7) is 5.03. The molecule has 5 rings (SSSR count). The Morgan fingerprint density at radius 2 is 2.12 bits per heavy atom. The van der Waals surface area contributed by atoms with E-state index in [-0.39, 0.29) is 11.9 Å². The van der Waals surface area contributed by atoms with E-state index in [2.05, 4.69) is 35.6 Å². The quantitative estimate of drug-likeness (QED) is 0.450. The Morgan fingerprint density at radius 1 is 1.25 bits per heavy atom. The fourth-order valence-electron chi connectivity index (χ4n) is 3.94. The molecule has 3 aromatic heterocycles. The van der Waals surface area contributed by atoms with Crippen LogP contribution in [0.4, 0.5) is 5.95 Å². The summed E-state index contributed by atoms with van der Waals surface area (Å²) in [5.74, 6) is 1.09. The van der Waals surface area contributed by atoms with E-state index in [1.165, 1.54) is 0 Å². The van der Waals surface area contributed by atoms with Crippen LogP contribution in [0.1, 0.15) is 33.1 Å². The minimum atomic E-state index is -0.360. The molecule has 0 unspecified atom stereocenters. The minimum Gasteiger partial charge on any atom is -0.354 e. The lowest BCUT2D eigenvalue weighted by Gasteiger charge is -2.17. The summed E-state index contributed by atoms with van der Waals surface area (Å²) in [4.78, 5) is 23.5. The van der Waals surface area contributed by atoms with Crippen molar-refractivity contribution in [3.8, 4) is 11.4 Å². The summed E-state index contributed by atoms with van der Waals surface area (Å²) >= 11 is 1.76. The summed E-state index contributed by atoms with van der Waals surface area (Å²) in [6.07, 6.45) is 6.33. The van der Waals surface area contributed by atoms with Crippen LogP contribution in [-0.2, 0) is 11.8 Å². The van der Waals surface area contributed by atoms with E-state index < -0.39 is 0 Å². The summed E-state index contributed by atoms with van der Waals surface area (Å²) in [7, 11) is 1.86. The third kappa shape index (κ3) is 3.90. The molecule has 166 valence electrons. The summed E-state index contributed by atoms with van der Waals surface area (Å²) < 4.78 is 3.44. The molecule has 1 atom stereocenters. The maximum atomic E-state index is 12.6. The third-order valence-corrected chi connectivity index (χ3v) is 6.48. The summed E-state index contributed by atoms with van der Waals surface area (Å²) in [5, 5.41) is 16.7. The highest BCUT2D eigenvalue weighted by Crippen LogP contribution is 2.33. The van der Waals surface area contributed by atoms with E-state index in [0.717, 1.165) is 40.6 Å². The number of hydrogen-bond donors (Lipinski definition) is 2. The van der Waals surface area contributed by atoms with Crippen molar-refractivity contribution < 1.29 is 4.79 Å². The van der Waals surface area contributed by atoms with Crippen LogP contribution < -0.4 is 10.6 Å². The smallest absolute Gasteiger partial charge is 0.242 e. The summed E-state index contributed by atoms with van der Waals surface area (Å²) in [5.41, 5.74) is 2.40. The minimum absolute atomic E-state index is 0.00464. The van der Waals surface area contributed by atoms with Crippen LogP contribution in [0.3, 0.4) is 0 Å². The first-order chi connectivity index (χ1) is 15.5. The number of nitrogens with one attached hydrogen (secondary N) is 2. The van der Waals surface area contributed by atoms with Crippen molar-refractivity contribution in [3.63, 3.8) is 0 Å². The molecule has 9 nitrogen and oxygen atoms in total. The fraction of sp³-hybridized carbons (Fsp3) is 0.409. The number of carbonyl (C=O) groups excluding carboxylic acids is 1. The van der Waals surface area contributed by atoms with Gasteiger partial charge in [0.05, 0.1) is 17.3 Å². The van der Waals surface area contributed by atoms with Crippen LogP contribution in [0.15, 0.2) is 35.5 Å². The second kappa shape index (κ2) is 8.42. The number of aryl methyl sites for hydroxylation is 1. The molecular weight excluding hydrogens is 424 g/mol. The highest BCUT2D eigenvalue weighted by Gasteiger charge is 2.24. The zero-order valence-corrected chi connectivity index (χ0v) is 19.2. The van der Waals surface area contributed by atoms with Gasteiger partial charge in [0.1, 0.15) is 6.04 Å². The zero-order chi connectivity index (χ0) is 22.2. The van der Waals surface area contributed by atoms with E-state index in [1.54, 1.807) is 27.2 Å². The Balaban J connectivity index is 1.70. The van der Waals surface area contributed by atoms with Gasteiger partial charge >= 0.3 is 0 Å². The lowest BCUT2D eigenvalue weighted by Crippen LogP contribution is -2.38. The Morgan fingerprint density at radius 3 is 2.91 bits per heavy atom. The topological polar surface area (TPSA) is 102 Å². The van der Waals surface area contributed by atoms with Gasteiger partial charge in [0, 0.05) is 35.3 Å². The molecule has 10 heteroatoms. The first-order valence-corrected chi connectivity index (χ1v) is 11.8. The summed E-state index contributed by atoms with van der Waals surface area (Å²) in [6, 6.07) is 5.77. The van der Waals surface area contributed by atoms with Crippen molar-refractivity contribution in [1.29, 1.82) is 0 Å². The number of benzene rings is 1. The Labute approximate surface area is 190 Å². The fourth-order valence-corrected chi connectivity index (χ4v) is 4.87. The first kappa shape index (κ1) is 20.7. The van der Waals surface area contributed by atoms with Crippen LogP contribution in [-0.4, -0.2) is 53.1 Å². The Kier molecular flexibility index (Phi) is 5.46. The molecule has 1 aliphatic heterocycles. The van der Waals surface area contributed by atoms with Crippen molar-refractivity contribution in [2.45, 2.75) is 49.3 Å². The van der Waals surface area contributed by atoms with Gasteiger partial charge in [-0.25, -0.2) is 9.97 Å². The normalized spacial score (nSPS) is 17.1. The van der Waals surface area contributed by atoms with Crippen LogP contribution >= 0.6 is 11.8 Å². The lowest BCUT2D eigenvalue weighted by molar-refractivity contribution is -0.121. The molecule has 0 aliphatic carbocycles. The molecule has 1 aromatic carbocycles. The van der Waals surface area contributed by atoms with Crippen molar-refractivity contribution in [1.82, 2.24) is 34.7 Å². The number of carbonyl (C=O) groups is 1. The van der Waals surface area contributed by atoms with E-state index in [9.17, 15) is 4.79 Å². The average molecular weight is 451 g/mol. The molecule has 1 saturated heterocycles. The van der Waals surface area contributed by atoms with Gasteiger partial charge in [0.15, 0.2) is 11.5 Å². The van der Waals surface area contributed by atoms with E-state index in [1.807, 2.05) is 25.4 Å². The van der Waals surface area contributed by atoms with Gasteiger partial charge in [0.2, 0.25) is 11.9 Å². The van der Waals surface area contributed by atoms with Crippen molar-refractivity contribution in [2.75, 3.05) is 11.9 Å². The molecule has 1 aliphatic rings. The van der Waals surface area contributed by atoms with Crippen LogP contribution in [0.2, 0.25) is 0 Å². The Bertz CT molecular complexity index is 1290. The number of rotatable bonds is 5. The molecule has 0 spiro atoms. The SMILES string of the molecule is CC(C)Sc1cccc2c1nc(N[C@@H]1CCCCNC1=O)n1nc(-c3cnn(C)c3)nc21. The van der Waals surface area contributed by atoms with E-state index in [0.29, 0.717) is 29.2 Å². The number of anilines is 1. The molecule has 2 N–H and O–H groups in total. The highest BCUT2D eigenvalue weighted by atomic mass is 32.2. The highest BCUT2D eigenvalue weighted by molar-refractivity contribution is 8.00. The number of aromatic nitrogens is 6. The van der Waals surface area contributed by atoms with Gasteiger partial charge in [-0.2, -0.15) is 9.61 Å². The second-order valence-electron chi connectivity index (χ2n) is 8.31. The monoisotopic (exact) mass is 450 g/mol. The van der Waals surface area contributed by atoms with Crippen molar-refractivity contribution in [3.05, 3.63) is 30.6 Å². The Hall–Kier alpha value is -3.14. The maximum Gasteiger partial charge on any atom is 0.242 e. The predicted octanol–water partition coefficient (Wildman–Crippen LogP) is 3.26. The maximum absolute atomic E-state index is 12.6. The van der Waals surface area contributed by atoms with E-state index >= 15 is 0 Å². The van der Waals surface area contributed by atoms with Crippen molar-refractivity contribution in [2.24, 2.45) is 7.05 Å². The van der Waals surface area contributed by atoms with Gasteiger partial charge in [-0.05, 0) is 31.4 Å². The molecule has 0 bridgehead atoms. The molecule has 0 saturated carbocycles. The van der Waals surface area contributed by atoms with Gasteiger partial charge in [0.25, 0.3) is 0 Å². The standard InChI is InChI=1S/C22H26N8OS/c1-13(2)32-17-9-6-7-15-18(17)26-22(25-16-8-4-5-10-23-21(16)31)30-20(15)27-19(28-30)14-11-24-29(3)12-14/h6-7,9,11-13,16H,4-5,8,10H2,1-3H3,(H,23,31)(H,25,26)/t16-/m1/s1. The average Bonchev–Trinajstić information content (AvgIpc) is 3.34. The number of nitrogens with zero attached hydrogens (tertiary/aromatic N) is 6. The van der Waals surface area contributed by atoms with Gasteiger partial charge in [-0.1, -0.05) is 19.9 Å². The molecule has 32 heavy (non-hydrogen) atoms. The number of para-hydroxylation sites is 1. The van der Waals surface area contributed by atoms with Gasteiger partial charge in [-0.3, -0.25) is 9.48 Å². The molecule has 1 fully saturated rings. The third-order valence-electron chi connectivity index (χ3n) is 5.43. The van der Waals surface area contributed by atoms with Gasteiger partial charge in [-0.15, -0.1) is 16.9 Å². The number of hydrogen-bond acceptors (Lipinski definition) is 7. The van der Waals surface area contributed by atoms with E-state index in [4.69, 9.17) is 15.1 Å². The zero-order valence-electron chi connectivity index (χ0n) is 18.4. The number of fused-ring (bicyclic) bond motifs is 3.